The molecule has 0 saturated carbocycles. The second-order valence-electron chi connectivity index (χ2n) is 3.83. The fraction of sp³-hybridized carbons (Fsp3) is 0. The first-order valence-corrected chi connectivity index (χ1v) is 5.61. The highest BCUT2D eigenvalue weighted by Crippen LogP contribution is 2.24. The first-order chi connectivity index (χ1) is 9.36. The predicted molar refractivity (Wildman–Crippen MR) is 68.6 cm³/mol. The highest BCUT2D eigenvalue weighted by Gasteiger charge is 2.07. The Bertz CT molecular complexity index is 779. The van der Waals surface area contributed by atoms with Crippen LogP contribution in [0.1, 0.15) is 5.56 Å². The predicted octanol–water partition coefficient (Wildman–Crippen LogP) is 2.69. The van der Waals surface area contributed by atoms with E-state index < -0.39 is 0 Å². The Morgan fingerprint density at radius 2 is 2.05 bits per heavy atom. The number of hydrogen-bond donors (Lipinski definition) is 0. The molecule has 0 N–H and O–H groups in total. The summed E-state index contributed by atoms with van der Waals surface area (Å²) >= 11 is 0. The van der Waals surface area contributed by atoms with Crippen molar-refractivity contribution in [2.24, 2.45) is 0 Å². The minimum absolute atomic E-state index is 0.182. The van der Waals surface area contributed by atoms with Gasteiger partial charge in [0.05, 0.1) is 17.9 Å². The molecule has 90 valence electrons. The van der Waals surface area contributed by atoms with Gasteiger partial charge in [-0.1, -0.05) is 18.2 Å². The van der Waals surface area contributed by atoms with Crippen LogP contribution in [-0.4, -0.2) is 15.2 Å². The van der Waals surface area contributed by atoms with E-state index in [0.29, 0.717) is 11.3 Å². The SMILES string of the molecule is N#Cc1ccnnc1Oc1cnc2ccccc2c1. The van der Waals surface area contributed by atoms with Crippen molar-refractivity contribution in [1.82, 2.24) is 15.2 Å². The standard InChI is InChI=1S/C14H8N4O/c15-8-11-5-6-17-18-14(11)19-12-7-10-3-1-2-4-13(10)16-9-12/h1-7,9H. The largest absolute Gasteiger partial charge is 0.435 e. The number of nitriles is 1. The first-order valence-electron chi connectivity index (χ1n) is 5.61. The molecule has 0 atom stereocenters. The quantitative estimate of drug-likeness (QED) is 0.697. The smallest absolute Gasteiger partial charge is 0.257 e. The molecule has 0 unspecified atom stereocenters. The molecule has 0 aliphatic heterocycles. The molecular formula is C14H8N4O. The average Bonchev–Trinajstić information content (AvgIpc) is 2.48. The maximum atomic E-state index is 8.95. The summed E-state index contributed by atoms with van der Waals surface area (Å²) in [4.78, 5) is 4.28. The second kappa shape index (κ2) is 4.70. The minimum atomic E-state index is 0.182. The summed E-state index contributed by atoms with van der Waals surface area (Å²) in [6, 6.07) is 13.1. The molecule has 2 aromatic heterocycles. The molecule has 0 aliphatic carbocycles. The lowest BCUT2D eigenvalue weighted by Crippen LogP contribution is -1.94. The molecule has 5 heteroatoms. The lowest BCUT2D eigenvalue weighted by Gasteiger charge is -2.05. The fourth-order valence-corrected chi connectivity index (χ4v) is 1.70. The third kappa shape index (κ3) is 2.19. The molecule has 19 heavy (non-hydrogen) atoms. The Morgan fingerprint density at radius 1 is 1.16 bits per heavy atom. The van der Waals surface area contributed by atoms with Crippen LogP contribution in [-0.2, 0) is 0 Å². The van der Waals surface area contributed by atoms with E-state index in [2.05, 4.69) is 15.2 Å². The van der Waals surface area contributed by atoms with E-state index in [4.69, 9.17) is 10.00 Å². The van der Waals surface area contributed by atoms with Crippen molar-refractivity contribution in [3.8, 4) is 17.7 Å². The number of pyridine rings is 1. The zero-order valence-corrected chi connectivity index (χ0v) is 9.82. The maximum Gasteiger partial charge on any atom is 0.257 e. The van der Waals surface area contributed by atoms with Crippen LogP contribution in [0.25, 0.3) is 10.9 Å². The lowest BCUT2D eigenvalue weighted by atomic mass is 10.2. The highest BCUT2D eigenvalue weighted by molar-refractivity contribution is 5.79. The molecule has 3 aromatic rings. The Labute approximate surface area is 109 Å². The van der Waals surface area contributed by atoms with E-state index in [0.717, 1.165) is 10.9 Å². The van der Waals surface area contributed by atoms with Crippen molar-refractivity contribution in [2.75, 3.05) is 0 Å². The van der Waals surface area contributed by atoms with E-state index in [1.165, 1.54) is 6.20 Å². The molecule has 0 bridgehead atoms. The summed E-state index contributed by atoms with van der Waals surface area (Å²) < 4.78 is 5.55. The molecule has 2 heterocycles. The van der Waals surface area contributed by atoms with E-state index in [-0.39, 0.29) is 5.88 Å². The summed E-state index contributed by atoms with van der Waals surface area (Å²) in [7, 11) is 0. The Hall–Kier alpha value is -3.00. The van der Waals surface area contributed by atoms with Crippen LogP contribution >= 0.6 is 0 Å². The number of benzene rings is 1. The number of fused-ring (bicyclic) bond motifs is 1. The molecule has 0 saturated heterocycles. The van der Waals surface area contributed by atoms with Gasteiger partial charge in [-0.2, -0.15) is 10.4 Å². The van der Waals surface area contributed by atoms with Gasteiger partial charge in [0.25, 0.3) is 5.88 Å². The van der Waals surface area contributed by atoms with Gasteiger partial charge in [0.15, 0.2) is 0 Å². The monoisotopic (exact) mass is 248 g/mol. The molecule has 0 spiro atoms. The molecule has 0 aliphatic rings. The first kappa shape index (κ1) is 11.1. The van der Waals surface area contributed by atoms with Crippen molar-refractivity contribution in [2.45, 2.75) is 0 Å². The zero-order chi connectivity index (χ0) is 13.1. The van der Waals surface area contributed by atoms with Crippen molar-refractivity contribution in [3.05, 3.63) is 54.4 Å². The van der Waals surface area contributed by atoms with Gasteiger partial charge in [0, 0.05) is 5.39 Å². The van der Waals surface area contributed by atoms with Crippen LogP contribution in [0.4, 0.5) is 0 Å². The average molecular weight is 248 g/mol. The maximum absolute atomic E-state index is 8.95. The summed E-state index contributed by atoms with van der Waals surface area (Å²) in [5.74, 6) is 0.706. The molecule has 0 amide bonds. The number of aromatic nitrogens is 3. The highest BCUT2D eigenvalue weighted by atomic mass is 16.5. The number of ether oxygens (including phenoxy) is 1. The van der Waals surface area contributed by atoms with E-state index >= 15 is 0 Å². The molecule has 0 fully saturated rings. The van der Waals surface area contributed by atoms with Crippen LogP contribution in [0.5, 0.6) is 11.6 Å². The molecule has 0 radical (unpaired) electrons. The molecular weight excluding hydrogens is 240 g/mol. The summed E-state index contributed by atoms with van der Waals surface area (Å²) in [6.07, 6.45) is 3.04. The minimum Gasteiger partial charge on any atom is -0.435 e. The summed E-state index contributed by atoms with van der Waals surface area (Å²) in [5, 5.41) is 17.4. The van der Waals surface area contributed by atoms with E-state index in [9.17, 15) is 0 Å². The fourth-order valence-electron chi connectivity index (χ4n) is 1.70. The van der Waals surface area contributed by atoms with Crippen molar-refractivity contribution in [1.29, 1.82) is 5.26 Å². The topological polar surface area (TPSA) is 71.7 Å². The Balaban J connectivity index is 1.99. The molecule has 1 aromatic carbocycles. The lowest BCUT2D eigenvalue weighted by molar-refractivity contribution is 0.452. The normalized spacial score (nSPS) is 10.1. The number of nitrogens with zero attached hydrogens (tertiary/aromatic N) is 4. The van der Waals surface area contributed by atoms with Gasteiger partial charge in [-0.05, 0) is 18.2 Å². The Morgan fingerprint density at radius 3 is 2.95 bits per heavy atom. The third-order valence-corrected chi connectivity index (χ3v) is 2.59. The van der Waals surface area contributed by atoms with Crippen LogP contribution in [0.2, 0.25) is 0 Å². The second-order valence-corrected chi connectivity index (χ2v) is 3.83. The van der Waals surface area contributed by atoms with Gasteiger partial charge < -0.3 is 4.74 Å². The van der Waals surface area contributed by atoms with Crippen LogP contribution < -0.4 is 4.74 Å². The number of rotatable bonds is 2. The summed E-state index contributed by atoms with van der Waals surface area (Å²) in [5.41, 5.74) is 1.22. The zero-order valence-electron chi connectivity index (χ0n) is 9.82. The van der Waals surface area contributed by atoms with Crippen LogP contribution in [0.15, 0.2) is 48.8 Å². The van der Waals surface area contributed by atoms with Gasteiger partial charge in [-0.3, -0.25) is 4.98 Å². The third-order valence-electron chi connectivity index (χ3n) is 2.59. The van der Waals surface area contributed by atoms with Gasteiger partial charge >= 0.3 is 0 Å². The van der Waals surface area contributed by atoms with Gasteiger partial charge in [-0.25, -0.2) is 0 Å². The number of hydrogen-bond acceptors (Lipinski definition) is 5. The van der Waals surface area contributed by atoms with E-state index in [1.807, 2.05) is 36.4 Å². The van der Waals surface area contributed by atoms with Crippen LogP contribution in [0.3, 0.4) is 0 Å². The summed E-state index contributed by atoms with van der Waals surface area (Å²) in [6.45, 7) is 0. The van der Waals surface area contributed by atoms with Gasteiger partial charge in [-0.15, -0.1) is 5.10 Å². The molecule has 5 nitrogen and oxygen atoms in total. The van der Waals surface area contributed by atoms with E-state index in [1.54, 1.807) is 12.3 Å². The van der Waals surface area contributed by atoms with Crippen molar-refractivity contribution < 1.29 is 4.74 Å². The van der Waals surface area contributed by atoms with Crippen molar-refractivity contribution >= 4 is 10.9 Å². The van der Waals surface area contributed by atoms with Gasteiger partial charge in [0.2, 0.25) is 0 Å². The Kier molecular flexibility index (Phi) is 2.75. The van der Waals surface area contributed by atoms with Crippen LogP contribution in [0, 0.1) is 11.3 Å². The molecule has 3 rings (SSSR count). The number of para-hydroxylation sites is 1. The van der Waals surface area contributed by atoms with Gasteiger partial charge in [0.1, 0.15) is 17.4 Å². The van der Waals surface area contributed by atoms with Crippen molar-refractivity contribution in [3.63, 3.8) is 0 Å².